The van der Waals surface area contributed by atoms with Crippen LogP contribution in [0.4, 0.5) is 5.69 Å². The Balaban J connectivity index is 2.25. The van der Waals surface area contributed by atoms with Crippen LogP contribution in [0.3, 0.4) is 0 Å². The minimum absolute atomic E-state index is 0.147. The highest BCUT2D eigenvalue weighted by molar-refractivity contribution is 14.1. The van der Waals surface area contributed by atoms with Crippen LogP contribution in [0.2, 0.25) is 5.02 Å². The molecule has 0 fully saturated rings. The Kier molecular flexibility index (Phi) is 5.08. The summed E-state index contributed by atoms with van der Waals surface area (Å²) in [6.45, 7) is 2.04. The highest BCUT2D eigenvalue weighted by atomic mass is 127. The minimum atomic E-state index is -0.147. The molecule has 0 unspecified atom stereocenters. The molecule has 98 valence electrons. The molecule has 0 heterocycles. The first-order valence-corrected chi connectivity index (χ1v) is 8.03. The van der Waals surface area contributed by atoms with Crippen molar-refractivity contribution in [3.8, 4) is 0 Å². The number of halogens is 3. The molecular weight excluding hydrogens is 487 g/mol. The van der Waals surface area contributed by atoms with Crippen molar-refractivity contribution in [2.45, 2.75) is 6.92 Å². The van der Waals surface area contributed by atoms with E-state index in [9.17, 15) is 4.79 Å². The Labute approximate surface area is 144 Å². The van der Waals surface area contributed by atoms with Gasteiger partial charge in [0.05, 0.1) is 5.56 Å². The van der Waals surface area contributed by atoms with Crippen molar-refractivity contribution in [3.05, 3.63) is 59.7 Å². The van der Waals surface area contributed by atoms with E-state index in [2.05, 4.69) is 50.5 Å². The van der Waals surface area contributed by atoms with Crippen molar-refractivity contribution in [1.82, 2.24) is 0 Å². The summed E-state index contributed by atoms with van der Waals surface area (Å²) in [7, 11) is 0. The summed E-state index contributed by atoms with van der Waals surface area (Å²) < 4.78 is 2.00. The van der Waals surface area contributed by atoms with Crippen LogP contribution in [-0.2, 0) is 0 Å². The number of carbonyl (C=O) groups is 1. The van der Waals surface area contributed by atoms with E-state index in [1.807, 2.05) is 31.2 Å². The van der Waals surface area contributed by atoms with Gasteiger partial charge in [-0.25, -0.2) is 0 Å². The predicted molar refractivity (Wildman–Crippen MR) is 96.0 cm³/mol. The van der Waals surface area contributed by atoms with Crippen LogP contribution in [0.15, 0.2) is 36.4 Å². The summed E-state index contributed by atoms with van der Waals surface area (Å²) in [5.74, 6) is -0.147. The van der Waals surface area contributed by atoms with Gasteiger partial charge in [-0.15, -0.1) is 0 Å². The van der Waals surface area contributed by atoms with Crippen LogP contribution in [0.5, 0.6) is 0 Å². The SMILES string of the molecule is Cc1ccc(NC(=O)c2cc(Cl)ccc2I)cc1I. The molecule has 2 nitrogen and oxygen atoms in total. The van der Waals surface area contributed by atoms with E-state index in [0.717, 1.165) is 12.8 Å². The second kappa shape index (κ2) is 6.41. The summed E-state index contributed by atoms with van der Waals surface area (Å²) in [6.07, 6.45) is 0. The first kappa shape index (κ1) is 15.1. The fourth-order valence-electron chi connectivity index (χ4n) is 1.54. The minimum Gasteiger partial charge on any atom is -0.322 e. The fourth-order valence-corrected chi connectivity index (χ4v) is 2.81. The van der Waals surface area contributed by atoms with E-state index in [1.165, 1.54) is 5.56 Å². The maximum absolute atomic E-state index is 12.2. The molecule has 2 aromatic carbocycles. The molecule has 0 aliphatic rings. The zero-order valence-electron chi connectivity index (χ0n) is 10.0. The maximum Gasteiger partial charge on any atom is 0.256 e. The molecular formula is C14H10ClI2NO. The number of rotatable bonds is 2. The molecule has 0 spiro atoms. The Morgan fingerprint density at radius 2 is 1.84 bits per heavy atom. The third-order valence-corrected chi connectivity index (χ3v) is 4.94. The number of amides is 1. The van der Waals surface area contributed by atoms with Gasteiger partial charge in [0.1, 0.15) is 0 Å². The quantitative estimate of drug-likeness (QED) is 0.575. The third kappa shape index (κ3) is 3.82. The van der Waals surface area contributed by atoms with Crippen LogP contribution in [-0.4, -0.2) is 5.91 Å². The summed E-state index contributed by atoms with van der Waals surface area (Å²) in [5.41, 5.74) is 2.57. The van der Waals surface area contributed by atoms with Crippen molar-refractivity contribution < 1.29 is 4.79 Å². The predicted octanol–water partition coefficient (Wildman–Crippen LogP) is 5.11. The number of hydrogen-bond donors (Lipinski definition) is 1. The zero-order chi connectivity index (χ0) is 14.0. The molecule has 2 aromatic rings. The molecule has 0 saturated heterocycles. The van der Waals surface area contributed by atoms with Gasteiger partial charge in [0.2, 0.25) is 0 Å². The molecule has 0 aromatic heterocycles. The third-order valence-electron chi connectivity index (χ3n) is 2.60. The van der Waals surface area contributed by atoms with Gasteiger partial charge in [0.15, 0.2) is 0 Å². The smallest absolute Gasteiger partial charge is 0.256 e. The Bertz CT molecular complexity index is 643. The summed E-state index contributed by atoms with van der Waals surface area (Å²) in [6, 6.07) is 11.1. The lowest BCUT2D eigenvalue weighted by atomic mass is 10.2. The Hall–Kier alpha value is -0.340. The van der Waals surface area contributed by atoms with E-state index >= 15 is 0 Å². The van der Waals surface area contributed by atoms with E-state index in [0.29, 0.717) is 10.6 Å². The first-order valence-electron chi connectivity index (χ1n) is 5.50. The van der Waals surface area contributed by atoms with Gasteiger partial charge in [0.25, 0.3) is 5.91 Å². The van der Waals surface area contributed by atoms with Crippen LogP contribution < -0.4 is 5.32 Å². The molecule has 5 heteroatoms. The van der Waals surface area contributed by atoms with Gasteiger partial charge in [-0.05, 0) is 88.0 Å². The largest absolute Gasteiger partial charge is 0.322 e. The van der Waals surface area contributed by atoms with E-state index in [4.69, 9.17) is 11.6 Å². The van der Waals surface area contributed by atoms with Crippen molar-refractivity contribution in [3.63, 3.8) is 0 Å². The second-order valence-corrected chi connectivity index (χ2v) is 6.80. The molecule has 0 aliphatic carbocycles. The van der Waals surface area contributed by atoms with Crippen LogP contribution in [0.1, 0.15) is 15.9 Å². The monoisotopic (exact) mass is 497 g/mol. The van der Waals surface area contributed by atoms with Crippen LogP contribution in [0.25, 0.3) is 0 Å². The molecule has 0 bridgehead atoms. The average Bonchev–Trinajstić information content (AvgIpc) is 2.36. The first-order chi connectivity index (χ1) is 8.97. The Morgan fingerprint density at radius 1 is 1.11 bits per heavy atom. The zero-order valence-corrected chi connectivity index (χ0v) is 15.1. The van der Waals surface area contributed by atoms with Gasteiger partial charge in [-0.1, -0.05) is 17.7 Å². The van der Waals surface area contributed by atoms with E-state index < -0.39 is 0 Å². The Morgan fingerprint density at radius 3 is 2.53 bits per heavy atom. The molecule has 0 atom stereocenters. The fraction of sp³-hybridized carbons (Fsp3) is 0.0714. The molecule has 19 heavy (non-hydrogen) atoms. The van der Waals surface area contributed by atoms with Gasteiger partial charge in [0, 0.05) is 17.9 Å². The van der Waals surface area contributed by atoms with Gasteiger partial charge < -0.3 is 5.32 Å². The van der Waals surface area contributed by atoms with Crippen molar-refractivity contribution >= 4 is 68.4 Å². The second-order valence-electron chi connectivity index (χ2n) is 4.04. The lowest BCUT2D eigenvalue weighted by Crippen LogP contribution is -2.13. The number of hydrogen-bond acceptors (Lipinski definition) is 1. The number of aryl methyl sites for hydroxylation is 1. The van der Waals surface area contributed by atoms with Crippen molar-refractivity contribution in [2.75, 3.05) is 5.32 Å². The molecule has 2 rings (SSSR count). The summed E-state index contributed by atoms with van der Waals surface area (Å²) in [5, 5.41) is 3.45. The average molecular weight is 498 g/mol. The van der Waals surface area contributed by atoms with Crippen LogP contribution >= 0.6 is 56.8 Å². The number of benzene rings is 2. The lowest BCUT2D eigenvalue weighted by molar-refractivity contribution is 0.102. The highest BCUT2D eigenvalue weighted by Crippen LogP contribution is 2.21. The number of carbonyl (C=O) groups excluding carboxylic acids is 1. The summed E-state index contributed by atoms with van der Waals surface area (Å²) in [4.78, 5) is 12.2. The summed E-state index contributed by atoms with van der Waals surface area (Å²) >= 11 is 10.3. The molecule has 1 N–H and O–H groups in total. The van der Waals surface area contributed by atoms with Crippen molar-refractivity contribution in [1.29, 1.82) is 0 Å². The van der Waals surface area contributed by atoms with Gasteiger partial charge in [-0.3, -0.25) is 4.79 Å². The molecule has 0 aliphatic heterocycles. The number of anilines is 1. The topological polar surface area (TPSA) is 29.1 Å². The maximum atomic E-state index is 12.2. The standard InChI is InChI=1S/C14H10ClI2NO/c1-8-2-4-10(7-13(8)17)18-14(19)11-6-9(15)3-5-12(11)16/h2-7H,1H3,(H,18,19). The van der Waals surface area contributed by atoms with E-state index in [-0.39, 0.29) is 5.91 Å². The molecule has 0 saturated carbocycles. The van der Waals surface area contributed by atoms with Crippen molar-refractivity contribution in [2.24, 2.45) is 0 Å². The van der Waals surface area contributed by atoms with Gasteiger partial charge >= 0.3 is 0 Å². The number of nitrogens with one attached hydrogen (secondary N) is 1. The molecule has 1 amide bonds. The highest BCUT2D eigenvalue weighted by Gasteiger charge is 2.11. The van der Waals surface area contributed by atoms with Gasteiger partial charge in [-0.2, -0.15) is 0 Å². The van der Waals surface area contributed by atoms with E-state index in [1.54, 1.807) is 12.1 Å². The normalized spacial score (nSPS) is 10.3. The molecule has 0 radical (unpaired) electrons. The van der Waals surface area contributed by atoms with Crippen LogP contribution in [0, 0.1) is 14.1 Å². The lowest BCUT2D eigenvalue weighted by Gasteiger charge is -2.08.